The number of hydrogen-bond acceptors (Lipinski definition) is 3. The maximum atomic E-state index is 11.2. The van der Waals surface area contributed by atoms with Gasteiger partial charge in [-0.15, -0.1) is 0 Å². The molecule has 2 rings (SSSR count). The second-order valence-corrected chi connectivity index (χ2v) is 5.59. The molecule has 21 heavy (non-hydrogen) atoms. The quantitative estimate of drug-likeness (QED) is 0.627. The van der Waals surface area contributed by atoms with E-state index in [4.69, 9.17) is 4.74 Å². The van der Waals surface area contributed by atoms with Gasteiger partial charge < -0.3 is 10.1 Å². The molecule has 1 aromatic carbocycles. The standard InChI is InChI=1S/C18H25NO2/c1-2-21-18(20)13-10-15-8-11-17(12-9-15)19-14-16-6-4-3-5-7-16/h8-13,16,19H,2-7,14H2,1H3. The molecule has 114 valence electrons. The number of rotatable bonds is 6. The van der Waals surface area contributed by atoms with Crippen molar-refractivity contribution in [1.29, 1.82) is 0 Å². The van der Waals surface area contributed by atoms with Crippen molar-refractivity contribution in [3.05, 3.63) is 35.9 Å². The lowest BCUT2D eigenvalue weighted by atomic mass is 9.89. The van der Waals surface area contributed by atoms with Gasteiger partial charge in [-0.25, -0.2) is 4.79 Å². The molecule has 0 spiro atoms. The highest BCUT2D eigenvalue weighted by molar-refractivity contribution is 5.87. The summed E-state index contributed by atoms with van der Waals surface area (Å²) >= 11 is 0. The normalized spacial score (nSPS) is 16.0. The average Bonchev–Trinajstić information content (AvgIpc) is 2.53. The first-order valence-corrected chi connectivity index (χ1v) is 7.96. The topological polar surface area (TPSA) is 38.3 Å². The minimum absolute atomic E-state index is 0.294. The van der Waals surface area contributed by atoms with Gasteiger partial charge in [0, 0.05) is 18.3 Å². The van der Waals surface area contributed by atoms with Crippen molar-refractivity contribution >= 4 is 17.7 Å². The molecule has 0 aliphatic heterocycles. The Morgan fingerprint density at radius 3 is 2.62 bits per heavy atom. The molecule has 0 amide bonds. The molecule has 0 radical (unpaired) electrons. The second-order valence-electron chi connectivity index (χ2n) is 5.59. The van der Waals surface area contributed by atoms with Crippen molar-refractivity contribution in [2.75, 3.05) is 18.5 Å². The van der Waals surface area contributed by atoms with Crippen molar-refractivity contribution in [3.63, 3.8) is 0 Å². The van der Waals surface area contributed by atoms with Crippen LogP contribution in [0.4, 0.5) is 5.69 Å². The Morgan fingerprint density at radius 1 is 1.24 bits per heavy atom. The lowest BCUT2D eigenvalue weighted by Gasteiger charge is -2.22. The summed E-state index contributed by atoms with van der Waals surface area (Å²) in [7, 11) is 0. The van der Waals surface area contributed by atoms with E-state index in [1.165, 1.54) is 38.2 Å². The van der Waals surface area contributed by atoms with Crippen LogP contribution < -0.4 is 5.32 Å². The fourth-order valence-corrected chi connectivity index (χ4v) is 2.72. The zero-order valence-electron chi connectivity index (χ0n) is 12.8. The van der Waals surface area contributed by atoms with Gasteiger partial charge >= 0.3 is 5.97 Å². The molecule has 0 aromatic heterocycles. The van der Waals surface area contributed by atoms with Gasteiger partial charge in [-0.1, -0.05) is 31.4 Å². The Balaban J connectivity index is 1.79. The third-order valence-electron chi connectivity index (χ3n) is 3.93. The van der Waals surface area contributed by atoms with Gasteiger partial charge in [-0.3, -0.25) is 0 Å². The van der Waals surface area contributed by atoms with E-state index in [2.05, 4.69) is 17.4 Å². The van der Waals surface area contributed by atoms with Crippen LogP contribution >= 0.6 is 0 Å². The van der Waals surface area contributed by atoms with Crippen LogP contribution in [0, 0.1) is 5.92 Å². The molecule has 0 unspecified atom stereocenters. The Kier molecular flexibility index (Phi) is 6.32. The monoisotopic (exact) mass is 287 g/mol. The van der Waals surface area contributed by atoms with Gasteiger partial charge in [0.25, 0.3) is 0 Å². The maximum Gasteiger partial charge on any atom is 0.330 e. The Hall–Kier alpha value is -1.77. The lowest BCUT2D eigenvalue weighted by molar-refractivity contribution is -0.137. The summed E-state index contributed by atoms with van der Waals surface area (Å²) in [4.78, 5) is 11.2. The first-order chi connectivity index (χ1) is 10.3. The van der Waals surface area contributed by atoms with Crippen LogP contribution in [0.1, 0.15) is 44.6 Å². The lowest BCUT2D eigenvalue weighted by Crippen LogP contribution is -2.16. The Bertz CT molecular complexity index is 459. The summed E-state index contributed by atoms with van der Waals surface area (Å²) in [5.41, 5.74) is 2.15. The maximum absolute atomic E-state index is 11.2. The summed E-state index contributed by atoms with van der Waals surface area (Å²) in [5.74, 6) is 0.527. The van der Waals surface area contributed by atoms with Gasteiger partial charge in [0.1, 0.15) is 0 Å². The Labute approximate surface area is 127 Å². The number of ether oxygens (including phenoxy) is 1. The third-order valence-corrected chi connectivity index (χ3v) is 3.93. The van der Waals surface area contributed by atoms with Crippen molar-refractivity contribution in [1.82, 2.24) is 0 Å². The summed E-state index contributed by atoms with van der Waals surface area (Å²) in [6.45, 7) is 3.28. The molecule has 1 N–H and O–H groups in total. The number of anilines is 1. The van der Waals surface area contributed by atoms with Gasteiger partial charge in [0.2, 0.25) is 0 Å². The van der Waals surface area contributed by atoms with Gasteiger partial charge in [-0.2, -0.15) is 0 Å². The van der Waals surface area contributed by atoms with E-state index in [0.717, 1.165) is 23.7 Å². The molecule has 0 heterocycles. The van der Waals surface area contributed by atoms with Crippen LogP contribution in [0.2, 0.25) is 0 Å². The number of benzene rings is 1. The molecule has 0 saturated heterocycles. The van der Waals surface area contributed by atoms with Crippen molar-refractivity contribution in [2.24, 2.45) is 5.92 Å². The van der Waals surface area contributed by atoms with Gasteiger partial charge in [0.15, 0.2) is 0 Å². The van der Waals surface area contributed by atoms with E-state index in [1.54, 1.807) is 13.0 Å². The number of carbonyl (C=O) groups excluding carboxylic acids is 1. The molecule has 1 aliphatic rings. The fraction of sp³-hybridized carbons (Fsp3) is 0.500. The Morgan fingerprint density at radius 2 is 1.95 bits per heavy atom. The molecule has 1 fully saturated rings. The fourth-order valence-electron chi connectivity index (χ4n) is 2.72. The van der Waals surface area contributed by atoms with Crippen LogP contribution in [-0.4, -0.2) is 19.1 Å². The minimum Gasteiger partial charge on any atom is -0.463 e. The first-order valence-electron chi connectivity index (χ1n) is 7.96. The van der Waals surface area contributed by atoms with E-state index in [-0.39, 0.29) is 5.97 Å². The smallest absolute Gasteiger partial charge is 0.330 e. The predicted octanol–water partition coefficient (Wildman–Crippen LogP) is 4.26. The van der Waals surface area contributed by atoms with E-state index >= 15 is 0 Å². The largest absolute Gasteiger partial charge is 0.463 e. The van der Waals surface area contributed by atoms with Crippen molar-refractivity contribution in [2.45, 2.75) is 39.0 Å². The van der Waals surface area contributed by atoms with Crippen LogP contribution in [0.5, 0.6) is 0 Å². The molecule has 1 aromatic rings. The number of esters is 1. The zero-order valence-corrected chi connectivity index (χ0v) is 12.8. The highest BCUT2D eigenvalue weighted by Crippen LogP contribution is 2.24. The van der Waals surface area contributed by atoms with Gasteiger partial charge in [-0.05, 0) is 49.5 Å². The van der Waals surface area contributed by atoms with Crippen LogP contribution in [0.25, 0.3) is 6.08 Å². The van der Waals surface area contributed by atoms with Gasteiger partial charge in [0.05, 0.1) is 6.61 Å². The molecule has 3 heteroatoms. The van der Waals surface area contributed by atoms with Crippen LogP contribution in [-0.2, 0) is 9.53 Å². The molecule has 3 nitrogen and oxygen atoms in total. The third kappa shape index (κ3) is 5.62. The summed E-state index contributed by atoms with van der Waals surface area (Å²) in [6.07, 6.45) is 10.1. The molecule has 0 bridgehead atoms. The highest BCUT2D eigenvalue weighted by atomic mass is 16.5. The van der Waals surface area contributed by atoms with Crippen molar-refractivity contribution < 1.29 is 9.53 Å². The van der Waals surface area contributed by atoms with Crippen LogP contribution in [0.3, 0.4) is 0 Å². The summed E-state index contributed by atoms with van der Waals surface area (Å²) in [6, 6.07) is 8.15. The van der Waals surface area contributed by atoms with Crippen molar-refractivity contribution in [3.8, 4) is 0 Å². The molecular weight excluding hydrogens is 262 g/mol. The van der Waals surface area contributed by atoms with E-state index in [1.807, 2.05) is 12.1 Å². The van der Waals surface area contributed by atoms with E-state index in [0.29, 0.717) is 6.61 Å². The first kappa shape index (κ1) is 15.6. The number of hydrogen-bond donors (Lipinski definition) is 1. The second kappa shape index (κ2) is 8.50. The SMILES string of the molecule is CCOC(=O)C=Cc1ccc(NCC2CCCCC2)cc1. The van der Waals surface area contributed by atoms with E-state index in [9.17, 15) is 4.79 Å². The average molecular weight is 287 g/mol. The predicted molar refractivity (Wildman–Crippen MR) is 87.2 cm³/mol. The summed E-state index contributed by atoms with van der Waals surface area (Å²) < 4.78 is 4.85. The molecule has 1 aliphatic carbocycles. The van der Waals surface area contributed by atoms with Crippen LogP contribution in [0.15, 0.2) is 30.3 Å². The summed E-state index contributed by atoms with van der Waals surface area (Å²) in [5, 5.41) is 3.51. The number of carbonyl (C=O) groups is 1. The van der Waals surface area contributed by atoms with E-state index < -0.39 is 0 Å². The molecular formula is C18H25NO2. The number of nitrogens with one attached hydrogen (secondary N) is 1. The minimum atomic E-state index is -0.294. The molecule has 0 atom stereocenters. The highest BCUT2D eigenvalue weighted by Gasteiger charge is 2.12. The molecule has 1 saturated carbocycles. The zero-order chi connectivity index (χ0) is 14.9.